The van der Waals surface area contributed by atoms with Gasteiger partial charge in [0.25, 0.3) is 5.91 Å². The molecule has 0 aliphatic carbocycles. The van der Waals surface area contributed by atoms with Crippen LogP contribution in [0.3, 0.4) is 0 Å². The smallest absolute Gasteiger partial charge is 0.291 e. The van der Waals surface area contributed by atoms with E-state index in [0.29, 0.717) is 23.3 Å². The Labute approximate surface area is 140 Å². The molecule has 5 heterocycles. The van der Waals surface area contributed by atoms with Crippen molar-refractivity contribution >= 4 is 11.9 Å². The van der Waals surface area contributed by atoms with Crippen LogP contribution in [-0.2, 0) is 0 Å². The molecule has 3 saturated heterocycles. The number of nitrogens with zero attached hydrogens (tertiary/aromatic N) is 5. The Morgan fingerprint density at radius 1 is 1.17 bits per heavy atom. The highest BCUT2D eigenvalue weighted by molar-refractivity contribution is 5.92. The Kier molecular flexibility index (Phi) is 3.70. The summed E-state index contributed by atoms with van der Waals surface area (Å²) in [6, 6.07) is 1.98. The van der Waals surface area contributed by atoms with Gasteiger partial charge in [-0.05, 0) is 31.7 Å². The van der Waals surface area contributed by atoms with Crippen LogP contribution in [0.15, 0.2) is 22.9 Å². The van der Waals surface area contributed by atoms with E-state index in [2.05, 4.69) is 19.9 Å². The number of carbonyl (C=O) groups is 1. The predicted octanol–water partition coefficient (Wildman–Crippen LogP) is 1.82. The molecule has 126 valence electrons. The molecule has 5 rings (SSSR count). The van der Waals surface area contributed by atoms with Crippen molar-refractivity contribution in [2.24, 2.45) is 5.92 Å². The first-order valence-corrected chi connectivity index (χ1v) is 8.39. The second kappa shape index (κ2) is 5.89. The van der Waals surface area contributed by atoms with Crippen molar-refractivity contribution in [3.8, 4) is 0 Å². The number of hydrogen-bond acceptors (Lipinski definition) is 6. The first-order chi connectivity index (χ1) is 11.6. The van der Waals surface area contributed by atoms with Crippen molar-refractivity contribution in [3.05, 3.63) is 35.8 Å². The highest BCUT2D eigenvalue weighted by Crippen LogP contribution is 2.31. The molecule has 2 aromatic heterocycles. The second-order valence-electron chi connectivity index (χ2n) is 6.66. The minimum Gasteiger partial charge on any atom is -0.436 e. The third-order valence-electron chi connectivity index (χ3n) is 4.91. The van der Waals surface area contributed by atoms with Crippen molar-refractivity contribution in [1.29, 1.82) is 0 Å². The summed E-state index contributed by atoms with van der Waals surface area (Å²) in [4.78, 5) is 30.1. The Hall–Kier alpha value is -2.44. The lowest BCUT2D eigenvalue weighted by Gasteiger charge is -2.35. The average molecular weight is 327 g/mol. The van der Waals surface area contributed by atoms with Gasteiger partial charge in [-0.1, -0.05) is 0 Å². The van der Waals surface area contributed by atoms with E-state index in [0.717, 1.165) is 38.4 Å². The molecule has 3 aliphatic heterocycles. The molecule has 2 aromatic rings. The van der Waals surface area contributed by atoms with Crippen LogP contribution in [0.2, 0.25) is 0 Å². The standard InChI is InChI=1S/C17H21N5O2/c1-11-15(24-12(2)20-11)16(23)22-9-13-4-5-14(22)10-21(8-13)17-18-6-3-7-19-17/h3,6-7,13-14H,4-5,8-10H2,1-2H3/t13-,14+/m0/s1. The molecule has 2 atom stereocenters. The maximum Gasteiger partial charge on any atom is 0.291 e. The van der Waals surface area contributed by atoms with Gasteiger partial charge in [-0.2, -0.15) is 0 Å². The zero-order valence-corrected chi connectivity index (χ0v) is 14.0. The van der Waals surface area contributed by atoms with Crippen LogP contribution in [0.1, 0.15) is 35.0 Å². The van der Waals surface area contributed by atoms with E-state index in [1.54, 1.807) is 19.3 Å². The highest BCUT2D eigenvalue weighted by atomic mass is 16.4. The van der Waals surface area contributed by atoms with Crippen molar-refractivity contribution in [3.63, 3.8) is 0 Å². The Bertz CT molecular complexity index is 745. The van der Waals surface area contributed by atoms with Crippen molar-refractivity contribution in [1.82, 2.24) is 19.9 Å². The maximum absolute atomic E-state index is 13.0. The summed E-state index contributed by atoms with van der Waals surface area (Å²) < 4.78 is 5.55. The summed E-state index contributed by atoms with van der Waals surface area (Å²) >= 11 is 0. The van der Waals surface area contributed by atoms with Crippen molar-refractivity contribution in [2.45, 2.75) is 32.7 Å². The van der Waals surface area contributed by atoms with E-state index >= 15 is 0 Å². The van der Waals surface area contributed by atoms with Gasteiger partial charge in [0.05, 0.1) is 5.69 Å². The van der Waals surface area contributed by atoms with Crippen molar-refractivity contribution < 1.29 is 9.21 Å². The van der Waals surface area contributed by atoms with E-state index in [-0.39, 0.29) is 11.9 Å². The fourth-order valence-electron chi connectivity index (χ4n) is 3.81. The number of fused-ring (bicyclic) bond motifs is 4. The number of hydrogen-bond donors (Lipinski definition) is 0. The Balaban J connectivity index is 1.59. The molecule has 7 heteroatoms. The van der Waals surface area contributed by atoms with Gasteiger partial charge in [0.2, 0.25) is 11.7 Å². The monoisotopic (exact) mass is 327 g/mol. The lowest BCUT2D eigenvalue weighted by molar-refractivity contribution is 0.0557. The van der Waals surface area contributed by atoms with Gasteiger partial charge in [-0.3, -0.25) is 4.79 Å². The normalized spacial score (nSPS) is 23.4. The molecular weight excluding hydrogens is 306 g/mol. The summed E-state index contributed by atoms with van der Waals surface area (Å²) in [5.41, 5.74) is 0.667. The number of rotatable bonds is 2. The van der Waals surface area contributed by atoms with Gasteiger partial charge >= 0.3 is 0 Å². The molecule has 0 aromatic carbocycles. The van der Waals surface area contributed by atoms with E-state index in [9.17, 15) is 4.79 Å². The highest BCUT2D eigenvalue weighted by Gasteiger charge is 2.39. The SMILES string of the molecule is Cc1nc(C)c(C(=O)N2C[C@H]3CC[C@@H]2CN(c2ncccn2)C3)o1. The van der Waals surface area contributed by atoms with Crippen LogP contribution in [0.25, 0.3) is 0 Å². The predicted molar refractivity (Wildman–Crippen MR) is 87.8 cm³/mol. The van der Waals surface area contributed by atoms with Crippen LogP contribution in [0.4, 0.5) is 5.95 Å². The molecule has 0 radical (unpaired) electrons. The molecule has 24 heavy (non-hydrogen) atoms. The quantitative estimate of drug-likeness (QED) is 0.837. The molecule has 3 aliphatic rings. The molecule has 1 amide bonds. The summed E-state index contributed by atoms with van der Waals surface area (Å²) in [5, 5.41) is 0. The van der Waals surface area contributed by atoms with E-state index in [1.165, 1.54) is 0 Å². The number of aromatic nitrogens is 3. The number of oxazole rings is 1. The molecular formula is C17H21N5O2. The number of piperidine rings is 1. The Morgan fingerprint density at radius 2 is 1.96 bits per heavy atom. The van der Waals surface area contributed by atoms with Crippen LogP contribution in [0, 0.1) is 19.8 Å². The first-order valence-electron chi connectivity index (χ1n) is 8.39. The van der Waals surface area contributed by atoms with Gasteiger partial charge in [-0.25, -0.2) is 15.0 Å². The summed E-state index contributed by atoms with van der Waals surface area (Å²) in [5.74, 6) is 2.05. The van der Waals surface area contributed by atoms with Crippen LogP contribution < -0.4 is 4.90 Å². The Morgan fingerprint density at radius 3 is 2.67 bits per heavy atom. The third-order valence-corrected chi connectivity index (χ3v) is 4.91. The van der Waals surface area contributed by atoms with Crippen molar-refractivity contribution in [2.75, 3.05) is 24.5 Å². The zero-order valence-electron chi connectivity index (χ0n) is 14.0. The number of anilines is 1. The number of aryl methyl sites for hydroxylation is 2. The van der Waals surface area contributed by atoms with E-state index in [1.807, 2.05) is 17.9 Å². The van der Waals surface area contributed by atoms with Crippen LogP contribution in [-0.4, -0.2) is 51.4 Å². The fourth-order valence-corrected chi connectivity index (χ4v) is 3.81. The maximum atomic E-state index is 13.0. The average Bonchev–Trinajstić information content (AvgIpc) is 2.78. The molecule has 0 saturated carbocycles. The molecule has 2 bridgehead atoms. The number of amides is 1. The van der Waals surface area contributed by atoms with Gasteiger partial charge < -0.3 is 14.2 Å². The van der Waals surface area contributed by atoms with Gasteiger partial charge in [-0.15, -0.1) is 0 Å². The largest absolute Gasteiger partial charge is 0.436 e. The van der Waals surface area contributed by atoms with Crippen LogP contribution >= 0.6 is 0 Å². The molecule has 0 spiro atoms. The first kappa shape index (κ1) is 15.1. The minimum absolute atomic E-state index is 0.0429. The summed E-state index contributed by atoms with van der Waals surface area (Å²) in [7, 11) is 0. The van der Waals surface area contributed by atoms with E-state index in [4.69, 9.17) is 4.42 Å². The lowest BCUT2D eigenvalue weighted by Crippen LogP contribution is -2.47. The van der Waals surface area contributed by atoms with Gasteiger partial charge in [0.15, 0.2) is 5.89 Å². The number of carbonyl (C=O) groups excluding carboxylic acids is 1. The minimum atomic E-state index is -0.0429. The van der Waals surface area contributed by atoms with Gasteiger partial charge in [0.1, 0.15) is 0 Å². The third kappa shape index (κ3) is 2.64. The molecule has 7 nitrogen and oxygen atoms in total. The molecule has 3 fully saturated rings. The fraction of sp³-hybridized carbons (Fsp3) is 0.529. The van der Waals surface area contributed by atoms with Crippen LogP contribution in [0.5, 0.6) is 0 Å². The topological polar surface area (TPSA) is 75.4 Å². The van der Waals surface area contributed by atoms with E-state index < -0.39 is 0 Å². The molecule has 0 unspecified atom stereocenters. The second-order valence-corrected chi connectivity index (χ2v) is 6.66. The summed E-state index contributed by atoms with van der Waals surface area (Å²) in [6.07, 6.45) is 5.66. The molecule has 0 N–H and O–H groups in total. The van der Waals surface area contributed by atoms with Gasteiger partial charge in [0, 0.05) is 45.0 Å². The lowest BCUT2D eigenvalue weighted by atomic mass is 9.94. The zero-order chi connectivity index (χ0) is 16.7. The summed E-state index contributed by atoms with van der Waals surface area (Å²) in [6.45, 7) is 6.00.